The van der Waals surface area contributed by atoms with Crippen molar-refractivity contribution >= 4 is 28.1 Å². The van der Waals surface area contributed by atoms with Crippen molar-refractivity contribution in [3.05, 3.63) is 28.3 Å². The minimum absolute atomic E-state index is 0.158. The molecule has 4 heterocycles. The van der Waals surface area contributed by atoms with E-state index in [0.717, 1.165) is 32.5 Å². The first-order valence-electron chi connectivity index (χ1n) is 10.8. The Morgan fingerprint density at radius 2 is 2.16 bits per heavy atom. The van der Waals surface area contributed by atoms with Crippen molar-refractivity contribution in [3.8, 4) is 23.3 Å². The molecule has 0 saturated carbocycles. The van der Waals surface area contributed by atoms with Crippen molar-refractivity contribution in [1.29, 1.82) is 5.26 Å². The molecule has 10 heteroatoms. The van der Waals surface area contributed by atoms with Gasteiger partial charge in [-0.05, 0) is 32.5 Å². The molecule has 0 aliphatic carbocycles. The van der Waals surface area contributed by atoms with Gasteiger partial charge in [0.05, 0.1) is 28.2 Å². The van der Waals surface area contributed by atoms with Gasteiger partial charge in [0.2, 0.25) is 0 Å². The van der Waals surface area contributed by atoms with Gasteiger partial charge in [0.15, 0.2) is 5.82 Å². The van der Waals surface area contributed by atoms with E-state index in [-0.39, 0.29) is 17.1 Å². The zero-order valence-electron chi connectivity index (χ0n) is 17.8. The maximum absolute atomic E-state index is 15.2. The third-order valence-corrected chi connectivity index (χ3v) is 6.77. The van der Waals surface area contributed by atoms with E-state index in [1.807, 2.05) is 5.38 Å². The lowest BCUT2D eigenvalue weighted by Crippen LogP contribution is -2.44. The number of nitrogens with one attached hydrogen (secondary N) is 1. The van der Waals surface area contributed by atoms with Crippen LogP contribution in [0, 0.1) is 17.1 Å². The van der Waals surface area contributed by atoms with E-state index in [2.05, 4.69) is 38.2 Å². The third kappa shape index (κ3) is 3.88. The van der Waals surface area contributed by atoms with E-state index in [4.69, 9.17) is 9.72 Å². The molecule has 0 radical (unpaired) electrons. The highest BCUT2D eigenvalue weighted by atomic mass is 32.1. The summed E-state index contributed by atoms with van der Waals surface area (Å²) in [5.74, 6) is 0.0300. The fourth-order valence-corrected chi connectivity index (χ4v) is 5.00. The van der Waals surface area contributed by atoms with Gasteiger partial charge in [0, 0.05) is 43.2 Å². The van der Waals surface area contributed by atoms with Crippen molar-refractivity contribution in [3.63, 3.8) is 0 Å². The second-order valence-corrected chi connectivity index (χ2v) is 8.86. The number of likely N-dealkylation sites (N-methyl/N-ethyl adjacent to an activating group) is 1. The fourth-order valence-electron chi connectivity index (χ4n) is 4.45. The Kier molecular flexibility index (Phi) is 5.87. The number of rotatable bonds is 5. The summed E-state index contributed by atoms with van der Waals surface area (Å²) in [6.07, 6.45) is 2.19. The molecule has 3 aromatic rings. The van der Waals surface area contributed by atoms with E-state index < -0.39 is 5.82 Å². The van der Waals surface area contributed by atoms with Crippen LogP contribution >= 0.6 is 11.3 Å². The lowest BCUT2D eigenvalue weighted by molar-refractivity contribution is 0.188. The Balaban J connectivity index is 1.67. The van der Waals surface area contributed by atoms with Gasteiger partial charge in [0.25, 0.3) is 0 Å². The summed E-state index contributed by atoms with van der Waals surface area (Å²) in [7, 11) is 2.08. The highest BCUT2D eigenvalue weighted by Gasteiger charge is 2.27. The number of nitriles is 1. The van der Waals surface area contributed by atoms with E-state index in [1.54, 1.807) is 5.51 Å². The summed E-state index contributed by atoms with van der Waals surface area (Å²) in [6.45, 7) is 4.51. The number of piperazine rings is 1. The summed E-state index contributed by atoms with van der Waals surface area (Å²) in [4.78, 5) is 18.0. The number of aromatic nitrogens is 3. The number of hydrogen-bond acceptors (Lipinski definition) is 9. The van der Waals surface area contributed by atoms with Gasteiger partial charge in [-0.25, -0.2) is 9.37 Å². The molecule has 0 spiro atoms. The second-order valence-electron chi connectivity index (χ2n) is 8.14. The summed E-state index contributed by atoms with van der Waals surface area (Å²) in [5.41, 5.74) is 3.28. The molecule has 0 bridgehead atoms. The van der Waals surface area contributed by atoms with Crippen molar-refractivity contribution in [2.45, 2.75) is 18.9 Å². The monoisotopic (exact) mass is 453 g/mol. The number of anilines is 1. The molecule has 0 unspecified atom stereocenters. The number of benzene rings is 1. The molecule has 8 nitrogen and oxygen atoms in total. The summed E-state index contributed by atoms with van der Waals surface area (Å²) in [6, 6.07) is 3.83. The molecule has 5 rings (SSSR count). The number of ether oxygens (including phenoxy) is 1. The molecule has 1 N–H and O–H groups in total. The van der Waals surface area contributed by atoms with Crippen LogP contribution in [0.25, 0.3) is 22.2 Å². The maximum Gasteiger partial charge on any atom is 0.319 e. The number of halogens is 1. The van der Waals surface area contributed by atoms with Gasteiger partial charge in [-0.2, -0.15) is 15.2 Å². The fraction of sp³-hybridized carbons (Fsp3) is 0.455. The molecule has 2 aliphatic heterocycles. The molecule has 32 heavy (non-hydrogen) atoms. The zero-order valence-corrected chi connectivity index (χ0v) is 18.7. The predicted octanol–water partition coefficient (Wildman–Crippen LogP) is 2.65. The quantitative estimate of drug-likeness (QED) is 0.631. The molecule has 1 atom stereocenters. The van der Waals surface area contributed by atoms with Crippen LogP contribution in [0.4, 0.5) is 10.2 Å². The first kappa shape index (κ1) is 21.0. The number of fused-ring (bicyclic) bond motifs is 1. The average Bonchev–Trinajstić information content (AvgIpc) is 3.49. The van der Waals surface area contributed by atoms with Gasteiger partial charge in [-0.3, -0.25) is 0 Å². The number of thiazole rings is 1. The number of nitrogens with zero attached hydrogens (tertiary/aromatic N) is 6. The highest BCUT2D eigenvalue weighted by Crippen LogP contribution is 2.39. The van der Waals surface area contributed by atoms with E-state index >= 15 is 4.39 Å². The summed E-state index contributed by atoms with van der Waals surface area (Å²) >= 11 is 1.43. The molecule has 2 aliphatic rings. The SMILES string of the molecule is CN1CCC[C@H]1COc1nc(N2CCNCC2)c2c(-c3cscn3)c(C#N)cc(F)c2n1. The first-order chi connectivity index (χ1) is 15.7. The third-order valence-electron chi connectivity index (χ3n) is 6.19. The molecular weight excluding hydrogens is 429 g/mol. The lowest BCUT2D eigenvalue weighted by Gasteiger charge is -2.30. The predicted molar refractivity (Wildman–Crippen MR) is 122 cm³/mol. The van der Waals surface area contributed by atoms with Crippen LogP contribution in [0.5, 0.6) is 6.01 Å². The van der Waals surface area contributed by atoms with Gasteiger partial charge in [-0.15, -0.1) is 11.3 Å². The van der Waals surface area contributed by atoms with Crippen LogP contribution in [0.15, 0.2) is 17.0 Å². The maximum atomic E-state index is 15.2. The van der Waals surface area contributed by atoms with E-state index in [0.29, 0.717) is 48.2 Å². The topological polar surface area (TPSA) is 90.2 Å². The molecule has 2 aromatic heterocycles. The van der Waals surface area contributed by atoms with Crippen LogP contribution in [0.3, 0.4) is 0 Å². The number of hydrogen-bond donors (Lipinski definition) is 1. The minimum atomic E-state index is -0.558. The van der Waals surface area contributed by atoms with E-state index in [9.17, 15) is 5.26 Å². The Labute approximate surface area is 189 Å². The Morgan fingerprint density at radius 1 is 1.31 bits per heavy atom. The normalized spacial score (nSPS) is 19.4. The van der Waals surface area contributed by atoms with Crippen LogP contribution in [-0.2, 0) is 0 Å². The molecule has 2 fully saturated rings. The van der Waals surface area contributed by atoms with Crippen LogP contribution in [-0.4, -0.2) is 72.3 Å². The largest absolute Gasteiger partial charge is 0.462 e. The Hall–Kier alpha value is -2.87. The standard InChI is InChI=1S/C22H24FN7OS/c1-29-6-2-3-15(29)11-31-22-27-20-16(23)9-14(10-24)18(17-12-32-13-26-17)19(20)21(28-22)30-7-4-25-5-8-30/h9,12-13,15,25H,2-8,11H2,1H3/t15-/m0/s1. The molecule has 0 amide bonds. The van der Waals surface area contributed by atoms with Gasteiger partial charge in [0.1, 0.15) is 17.9 Å². The second kappa shape index (κ2) is 8.94. The average molecular weight is 454 g/mol. The molecule has 166 valence electrons. The zero-order chi connectivity index (χ0) is 22.1. The van der Waals surface area contributed by atoms with Crippen molar-refractivity contribution < 1.29 is 9.13 Å². The van der Waals surface area contributed by atoms with Crippen LogP contribution in [0.2, 0.25) is 0 Å². The van der Waals surface area contributed by atoms with Gasteiger partial charge in [-0.1, -0.05) is 0 Å². The Morgan fingerprint density at radius 3 is 2.84 bits per heavy atom. The molecule has 1 aromatic carbocycles. The highest BCUT2D eigenvalue weighted by molar-refractivity contribution is 7.07. The van der Waals surface area contributed by atoms with Crippen molar-refractivity contribution in [2.24, 2.45) is 0 Å². The van der Waals surface area contributed by atoms with Crippen LogP contribution < -0.4 is 15.0 Å². The first-order valence-corrected chi connectivity index (χ1v) is 11.7. The summed E-state index contributed by atoms with van der Waals surface area (Å²) < 4.78 is 21.2. The smallest absolute Gasteiger partial charge is 0.319 e. The summed E-state index contributed by atoms with van der Waals surface area (Å²) in [5, 5.41) is 15.5. The molecular formula is C22H24FN7OS. The molecule has 2 saturated heterocycles. The van der Waals surface area contributed by atoms with Gasteiger partial charge < -0.3 is 19.9 Å². The minimum Gasteiger partial charge on any atom is -0.462 e. The van der Waals surface area contributed by atoms with Gasteiger partial charge >= 0.3 is 6.01 Å². The van der Waals surface area contributed by atoms with Crippen LogP contribution in [0.1, 0.15) is 18.4 Å². The van der Waals surface area contributed by atoms with E-state index in [1.165, 1.54) is 17.4 Å². The lowest BCUT2D eigenvalue weighted by atomic mass is 9.99. The van der Waals surface area contributed by atoms with Crippen molar-refractivity contribution in [2.75, 3.05) is 51.3 Å². The van der Waals surface area contributed by atoms with Crippen molar-refractivity contribution in [1.82, 2.24) is 25.2 Å². The number of likely N-dealkylation sites (tertiary alicyclic amines) is 1. The Bertz CT molecular complexity index is 1160.